The van der Waals surface area contributed by atoms with Crippen LogP contribution in [-0.2, 0) is 14.3 Å². The number of hydrogen-bond donors (Lipinski definition) is 1. The highest BCUT2D eigenvalue weighted by Gasteiger charge is 2.05. The lowest BCUT2D eigenvalue weighted by Crippen LogP contribution is -2.23. The minimum Gasteiger partial charge on any atom is -0.481 e. The van der Waals surface area contributed by atoms with Crippen LogP contribution in [0, 0.1) is 0 Å². The summed E-state index contributed by atoms with van der Waals surface area (Å²) in [4.78, 5) is 14.4. The maximum Gasteiger partial charge on any atom is 0.305 e. The van der Waals surface area contributed by atoms with Crippen LogP contribution in [0.4, 0.5) is 0 Å². The molecule has 1 aliphatic heterocycles. The average Bonchev–Trinajstić information content (AvgIpc) is 2.82. The Bertz CT molecular complexity index is 272. The van der Waals surface area contributed by atoms with Gasteiger partial charge in [0.05, 0.1) is 32.9 Å². The third kappa shape index (κ3) is 11.8. The second-order valence-corrected chi connectivity index (χ2v) is 4.61. The van der Waals surface area contributed by atoms with Crippen molar-refractivity contribution < 1.29 is 19.4 Å². The quantitative estimate of drug-likeness (QED) is 0.650. The van der Waals surface area contributed by atoms with Gasteiger partial charge in [-0.25, -0.2) is 0 Å². The average molecular weight is 288 g/mol. The van der Waals surface area contributed by atoms with Crippen LogP contribution in [0.2, 0.25) is 0 Å². The fourth-order valence-corrected chi connectivity index (χ4v) is 1.50. The van der Waals surface area contributed by atoms with Gasteiger partial charge in [0.25, 0.3) is 0 Å². The summed E-state index contributed by atoms with van der Waals surface area (Å²) in [6.45, 7) is 5.74. The zero-order valence-corrected chi connectivity index (χ0v) is 12.9. The molecule has 0 fully saturated rings. The van der Waals surface area contributed by atoms with Crippen LogP contribution in [0.3, 0.4) is 0 Å². The first-order valence-electron chi connectivity index (χ1n) is 7.01. The second kappa shape index (κ2) is 12.7. The highest BCUT2D eigenvalue weighted by atomic mass is 16.5. The predicted molar refractivity (Wildman–Crippen MR) is 78.3 cm³/mol. The van der Waals surface area contributed by atoms with E-state index in [1.807, 2.05) is 0 Å². The lowest BCUT2D eigenvalue weighted by atomic mass is 10.3. The van der Waals surface area contributed by atoms with E-state index in [0.717, 1.165) is 6.67 Å². The van der Waals surface area contributed by atoms with Crippen LogP contribution in [0.15, 0.2) is 12.4 Å². The van der Waals surface area contributed by atoms with Crippen molar-refractivity contribution in [2.75, 3.05) is 47.2 Å². The summed E-state index contributed by atoms with van der Waals surface area (Å²) in [5.74, 6) is -0.836. The molecule has 0 spiro atoms. The number of methoxy groups -OCH3 is 1. The normalized spacial score (nSPS) is 13.3. The van der Waals surface area contributed by atoms with Gasteiger partial charge in [0.1, 0.15) is 0 Å². The van der Waals surface area contributed by atoms with E-state index in [-0.39, 0.29) is 13.0 Å². The number of carboxylic acid groups (broad SMARTS) is 1. The van der Waals surface area contributed by atoms with E-state index < -0.39 is 5.97 Å². The van der Waals surface area contributed by atoms with Crippen LogP contribution in [0.25, 0.3) is 0 Å². The van der Waals surface area contributed by atoms with Gasteiger partial charge >= 0.3 is 5.97 Å². The smallest absolute Gasteiger partial charge is 0.305 e. The minimum absolute atomic E-state index is 0.0592. The first-order valence-corrected chi connectivity index (χ1v) is 7.01. The summed E-state index contributed by atoms with van der Waals surface area (Å²) in [6.07, 6.45) is 6.93. The molecule has 6 heteroatoms. The molecule has 0 saturated heterocycles. The zero-order valence-electron chi connectivity index (χ0n) is 12.9. The summed E-state index contributed by atoms with van der Waals surface area (Å²) >= 11 is 0. The molecule has 0 bridgehead atoms. The van der Waals surface area contributed by atoms with E-state index in [1.165, 1.54) is 19.4 Å². The summed E-state index contributed by atoms with van der Waals surface area (Å²) in [5, 5.41) is 8.16. The summed E-state index contributed by atoms with van der Waals surface area (Å²) in [6, 6.07) is 0. The maximum atomic E-state index is 9.92. The maximum absolute atomic E-state index is 9.92. The number of carbonyl (C=O) groups is 1. The molecular weight excluding hydrogens is 260 g/mol. The molecule has 0 amide bonds. The largest absolute Gasteiger partial charge is 0.481 e. The molecule has 0 aliphatic carbocycles. The number of unbranched alkanes of at least 4 members (excludes halogenated alkanes) is 1. The second-order valence-electron chi connectivity index (χ2n) is 4.61. The van der Waals surface area contributed by atoms with Crippen LogP contribution < -0.4 is 0 Å². The number of hydrogen-bond acceptors (Lipinski definition) is 5. The summed E-state index contributed by atoms with van der Waals surface area (Å²) < 4.78 is 9.56. The van der Waals surface area contributed by atoms with Crippen molar-refractivity contribution >= 4 is 5.97 Å². The molecule has 1 aliphatic rings. The fourth-order valence-electron chi connectivity index (χ4n) is 1.50. The molecule has 0 atom stereocenters. The Kier molecular flexibility index (Phi) is 11.9. The number of ether oxygens (including phenoxy) is 2. The van der Waals surface area contributed by atoms with Crippen molar-refractivity contribution in [2.45, 2.75) is 26.2 Å². The van der Waals surface area contributed by atoms with Crippen LogP contribution >= 0.6 is 0 Å². The third-order valence-electron chi connectivity index (χ3n) is 2.63. The van der Waals surface area contributed by atoms with Gasteiger partial charge in [-0.05, 0) is 6.42 Å². The van der Waals surface area contributed by atoms with Crippen molar-refractivity contribution in [3.63, 3.8) is 0 Å². The fraction of sp³-hybridized carbons (Fsp3) is 0.786. The SMILES string of the molecule is CCCCN1C=CN(C)C1.COCCOCCC(=O)O. The number of rotatable bonds is 9. The Balaban J connectivity index is 0.000000361. The van der Waals surface area contributed by atoms with Gasteiger partial charge in [-0.3, -0.25) is 4.79 Å². The molecule has 0 radical (unpaired) electrons. The molecule has 0 unspecified atom stereocenters. The topological polar surface area (TPSA) is 62.2 Å². The Hall–Kier alpha value is -1.27. The van der Waals surface area contributed by atoms with E-state index in [2.05, 4.69) is 40.9 Å². The minimum atomic E-state index is -0.836. The van der Waals surface area contributed by atoms with E-state index in [9.17, 15) is 4.79 Å². The Morgan fingerprint density at radius 3 is 2.55 bits per heavy atom. The molecule has 20 heavy (non-hydrogen) atoms. The Morgan fingerprint density at radius 2 is 2.05 bits per heavy atom. The Labute approximate surface area is 121 Å². The van der Waals surface area contributed by atoms with Crippen molar-refractivity contribution in [1.82, 2.24) is 9.80 Å². The predicted octanol–water partition coefficient (Wildman–Crippen LogP) is 1.59. The molecule has 0 aromatic rings. The number of aliphatic carboxylic acids is 1. The van der Waals surface area contributed by atoms with E-state index in [1.54, 1.807) is 7.11 Å². The summed E-state index contributed by atoms with van der Waals surface area (Å²) in [5.41, 5.74) is 0. The van der Waals surface area contributed by atoms with Crippen molar-refractivity contribution in [3.05, 3.63) is 12.4 Å². The van der Waals surface area contributed by atoms with E-state index in [4.69, 9.17) is 9.84 Å². The highest BCUT2D eigenvalue weighted by Crippen LogP contribution is 2.04. The molecule has 0 aromatic carbocycles. The van der Waals surface area contributed by atoms with Crippen LogP contribution in [0.5, 0.6) is 0 Å². The molecule has 1 rings (SSSR count). The number of nitrogens with zero attached hydrogens (tertiary/aromatic N) is 2. The van der Waals surface area contributed by atoms with Gasteiger partial charge in [-0.15, -0.1) is 0 Å². The molecular formula is C14H28N2O4. The van der Waals surface area contributed by atoms with Gasteiger partial charge in [0.2, 0.25) is 0 Å². The van der Waals surface area contributed by atoms with Crippen molar-refractivity contribution in [2.24, 2.45) is 0 Å². The summed E-state index contributed by atoms with van der Waals surface area (Å²) in [7, 11) is 3.67. The third-order valence-corrected chi connectivity index (χ3v) is 2.63. The molecule has 118 valence electrons. The van der Waals surface area contributed by atoms with Gasteiger partial charge in [0.15, 0.2) is 0 Å². The molecule has 1 heterocycles. The van der Waals surface area contributed by atoms with Gasteiger partial charge in [0, 0.05) is 33.1 Å². The van der Waals surface area contributed by atoms with Crippen molar-refractivity contribution in [1.29, 1.82) is 0 Å². The van der Waals surface area contributed by atoms with E-state index >= 15 is 0 Å². The molecule has 1 N–H and O–H groups in total. The first-order chi connectivity index (χ1) is 9.60. The molecule has 6 nitrogen and oxygen atoms in total. The van der Waals surface area contributed by atoms with Gasteiger partial charge in [-0.2, -0.15) is 0 Å². The highest BCUT2D eigenvalue weighted by molar-refractivity contribution is 5.66. The monoisotopic (exact) mass is 288 g/mol. The van der Waals surface area contributed by atoms with Gasteiger partial charge in [-0.1, -0.05) is 13.3 Å². The zero-order chi connectivity index (χ0) is 15.2. The van der Waals surface area contributed by atoms with Crippen molar-refractivity contribution in [3.8, 4) is 0 Å². The lowest BCUT2D eigenvalue weighted by molar-refractivity contribution is -0.138. The Morgan fingerprint density at radius 1 is 1.30 bits per heavy atom. The standard InChI is InChI=1S/C8H16N2.C6H12O4/c1-3-4-5-10-7-6-9(2)8-10;1-9-4-5-10-3-2-6(7)8/h6-7H,3-5,8H2,1-2H3;2-5H2,1H3,(H,7,8). The van der Waals surface area contributed by atoms with Crippen LogP contribution in [0.1, 0.15) is 26.2 Å². The first kappa shape index (κ1) is 18.7. The van der Waals surface area contributed by atoms with E-state index in [0.29, 0.717) is 13.2 Å². The molecule has 0 aromatic heterocycles. The lowest BCUT2D eigenvalue weighted by Gasteiger charge is -2.17. The van der Waals surface area contributed by atoms with Crippen LogP contribution in [-0.4, -0.2) is 68.1 Å². The molecule has 0 saturated carbocycles. The number of carboxylic acids is 1. The van der Waals surface area contributed by atoms with Gasteiger partial charge < -0.3 is 24.4 Å².